The number of rotatable bonds is 3. The van der Waals surface area contributed by atoms with Gasteiger partial charge in [-0.05, 0) is 18.6 Å². The molecule has 1 aliphatic carbocycles. The third kappa shape index (κ3) is 3.28. The molecule has 0 saturated carbocycles. The number of hydrogen-bond donors (Lipinski definition) is 0. The van der Waals surface area contributed by atoms with Gasteiger partial charge < -0.3 is 0 Å². The van der Waals surface area contributed by atoms with Crippen LogP contribution >= 0.6 is 0 Å². The minimum Gasteiger partial charge on any atom is -0.289 e. The second kappa shape index (κ2) is 6.00. The number of aliphatic imine (C=N–C) groups is 1. The van der Waals surface area contributed by atoms with Crippen LogP contribution in [0.2, 0.25) is 0 Å². The molecule has 1 aliphatic rings. The van der Waals surface area contributed by atoms with E-state index in [0.29, 0.717) is 5.92 Å². The second-order valence-corrected chi connectivity index (χ2v) is 3.94. The molecule has 0 radical (unpaired) electrons. The van der Waals surface area contributed by atoms with Gasteiger partial charge in [-0.2, -0.15) is 0 Å². The van der Waals surface area contributed by atoms with Gasteiger partial charge in [-0.25, -0.2) is 0 Å². The molecule has 0 amide bonds. The summed E-state index contributed by atoms with van der Waals surface area (Å²) in [5.74, 6) is 0.306. The third-order valence-electron chi connectivity index (χ3n) is 2.67. The number of hydrogen-bond acceptors (Lipinski definition) is 1. The van der Waals surface area contributed by atoms with Gasteiger partial charge in [0.25, 0.3) is 0 Å². The first-order valence-electron chi connectivity index (χ1n) is 6.02. The summed E-state index contributed by atoms with van der Waals surface area (Å²) in [4.78, 5) is 4.50. The second-order valence-electron chi connectivity index (χ2n) is 3.94. The van der Waals surface area contributed by atoms with Gasteiger partial charge in [-0.1, -0.05) is 60.7 Å². The summed E-state index contributed by atoms with van der Waals surface area (Å²) in [6.07, 6.45) is 12.7. The lowest BCUT2D eigenvalue weighted by Crippen LogP contribution is -2.09. The molecule has 0 bridgehead atoms. The Morgan fingerprint density at radius 1 is 1.18 bits per heavy atom. The van der Waals surface area contributed by atoms with Crippen molar-refractivity contribution in [2.75, 3.05) is 6.54 Å². The molecule has 1 aromatic carbocycles. The van der Waals surface area contributed by atoms with Crippen LogP contribution in [-0.4, -0.2) is 12.3 Å². The van der Waals surface area contributed by atoms with Crippen LogP contribution in [0.3, 0.4) is 0 Å². The molecule has 2 rings (SSSR count). The van der Waals surface area contributed by atoms with E-state index in [1.807, 2.05) is 12.1 Å². The van der Waals surface area contributed by atoms with Gasteiger partial charge in [0, 0.05) is 18.2 Å². The minimum absolute atomic E-state index is 0.306. The maximum atomic E-state index is 4.50. The molecule has 17 heavy (non-hydrogen) atoms. The van der Waals surface area contributed by atoms with Crippen molar-refractivity contribution in [1.82, 2.24) is 0 Å². The van der Waals surface area contributed by atoms with E-state index in [0.717, 1.165) is 12.3 Å². The standard InChI is InChI=1S/C16H17N/c1-2-17-16-11-7-6-10-15(16)13-12-14-8-4-3-5-9-14/h3-13,15H,2H2,1H3. The van der Waals surface area contributed by atoms with Gasteiger partial charge in [0.2, 0.25) is 0 Å². The first-order valence-corrected chi connectivity index (χ1v) is 6.02. The van der Waals surface area contributed by atoms with Gasteiger partial charge >= 0.3 is 0 Å². The highest BCUT2D eigenvalue weighted by Crippen LogP contribution is 2.13. The molecular formula is C16H17N. The molecule has 0 aromatic heterocycles. The first kappa shape index (κ1) is 11.6. The highest BCUT2D eigenvalue weighted by molar-refractivity contribution is 6.00. The Hall–Kier alpha value is -1.89. The molecule has 1 unspecified atom stereocenters. The molecule has 0 N–H and O–H groups in total. The number of allylic oxidation sites excluding steroid dienone is 5. The van der Waals surface area contributed by atoms with Crippen LogP contribution < -0.4 is 0 Å². The lowest BCUT2D eigenvalue weighted by molar-refractivity contribution is 1.06. The summed E-state index contributed by atoms with van der Waals surface area (Å²) < 4.78 is 0. The van der Waals surface area contributed by atoms with Crippen LogP contribution in [0.25, 0.3) is 6.08 Å². The highest BCUT2D eigenvalue weighted by atomic mass is 14.7. The molecule has 1 heteroatoms. The smallest absolute Gasteiger partial charge is 0.0454 e. The molecule has 0 saturated heterocycles. The Balaban J connectivity index is 2.13. The van der Waals surface area contributed by atoms with Crippen molar-refractivity contribution in [1.29, 1.82) is 0 Å². The zero-order valence-corrected chi connectivity index (χ0v) is 10.1. The zero-order chi connectivity index (χ0) is 11.9. The Kier molecular flexibility index (Phi) is 4.09. The van der Waals surface area contributed by atoms with Crippen molar-refractivity contribution in [3.05, 3.63) is 66.3 Å². The Bertz CT molecular complexity index is 464. The van der Waals surface area contributed by atoms with E-state index in [9.17, 15) is 0 Å². The summed E-state index contributed by atoms with van der Waals surface area (Å²) in [5, 5.41) is 0. The first-order chi connectivity index (χ1) is 8.40. The van der Waals surface area contributed by atoms with Crippen molar-refractivity contribution in [2.24, 2.45) is 10.9 Å². The van der Waals surface area contributed by atoms with Crippen LogP contribution in [0.15, 0.2) is 65.7 Å². The van der Waals surface area contributed by atoms with Crippen LogP contribution in [0.5, 0.6) is 0 Å². The van der Waals surface area contributed by atoms with Gasteiger partial charge in [-0.15, -0.1) is 0 Å². The summed E-state index contributed by atoms with van der Waals surface area (Å²) in [7, 11) is 0. The van der Waals surface area contributed by atoms with Crippen molar-refractivity contribution >= 4 is 11.8 Å². The van der Waals surface area contributed by atoms with Gasteiger partial charge in [0.05, 0.1) is 0 Å². The average Bonchev–Trinajstić information content (AvgIpc) is 2.39. The molecule has 1 aromatic rings. The van der Waals surface area contributed by atoms with Crippen LogP contribution in [0, 0.1) is 5.92 Å². The third-order valence-corrected chi connectivity index (χ3v) is 2.67. The monoisotopic (exact) mass is 223 g/mol. The fourth-order valence-corrected chi connectivity index (χ4v) is 1.83. The molecule has 0 aliphatic heterocycles. The van der Waals surface area contributed by atoms with E-state index >= 15 is 0 Å². The van der Waals surface area contributed by atoms with Crippen LogP contribution in [0.1, 0.15) is 12.5 Å². The predicted molar refractivity (Wildman–Crippen MR) is 75.2 cm³/mol. The van der Waals surface area contributed by atoms with Crippen molar-refractivity contribution in [3.8, 4) is 0 Å². The molecule has 0 fully saturated rings. The van der Waals surface area contributed by atoms with E-state index in [-0.39, 0.29) is 0 Å². The Morgan fingerprint density at radius 2 is 2.00 bits per heavy atom. The fourth-order valence-electron chi connectivity index (χ4n) is 1.83. The quantitative estimate of drug-likeness (QED) is 0.737. The van der Waals surface area contributed by atoms with Crippen LogP contribution in [-0.2, 0) is 0 Å². The maximum Gasteiger partial charge on any atom is 0.0454 e. The van der Waals surface area contributed by atoms with E-state index in [1.54, 1.807) is 0 Å². The van der Waals surface area contributed by atoms with E-state index in [4.69, 9.17) is 0 Å². The normalized spacial score (nSPS) is 21.5. The van der Waals surface area contributed by atoms with Crippen LogP contribution in [0.4, 0.5) is 0 Å². The lowest BCUT2D eigenvalue weighted by Gasteiger charge is -2.11. The van der Waals surface area contributed by atoms with Crippen molar-refractivity contribution in [3.63, 3.8) is 0 Å². The number of benzene rings is 1. The largest absolute Gasteiger partial charge is 0.289 e. The SMILES string of the molecule is CCN=C1C=CC=CC1C=Cc1ccccc1. The maximum absolute atomic E-state index is 4.50. The number of nitrogens with zero attached hydrogens (tertiary/aromatic N) is 1. The molecule has 1 atom stereocenters. The van der Waals surface area contributed by atoms with Gasteiger partial charge in [0.15, 0.2) is 0 Å². The Morgan fingerprint density at radius 3 is 2.76 bits per heavy atom. The molecule has 1 nitrogen and oxygen atoms in total. The Labute approximate surface area is 103 Å². The fraction of sp³-hybridized carbons (Fsp3) is 0.188. The predicted octanol–water partition coefficient (Wildman–Crippen LogP) is 3.90. The molecular weight excluding hydrogens is 206 g/mol. The summed E-state index contributed by atoms with van der Waals surface area (Å²) in [6, 6.07) is 10.4. The van der Waals surface area contributed by atoms with Gasteiger partial charge in [-0.3, -0.25) is 4.99 Å². The molecule has 0 heterocycles. The molecule has 86 valence electrons. The summed E-state index contributed by atoms with van der Waals surface area (Å²) >= 11 is 0. The molecule has 0 spiro atoms. The van der Waals surface area contributed by atoms with Crippen molar-refractivity contribution < 1.29 is 0 Å². The highest BCUT2D eigenvalue weighted by Gasteiger charge is 2.08. The zero-order valence-electron chi connectivity index (χ0n) is 10.1. The summed E-state index contributed by atoms with van der Waals surface area (Å²) in [5.41, 5.74) is 2.37. The van der Waals surface area contributed by atoms with E-state index in [1.165, 1.54) is 5.56 Å². The lowest BCUT2D eigenvalue weighted by atomic mass is 9.97. The van der Waals surface area contributed by atoms with Gasteiger partial charge in [0.1, 0.15) is 0 Å². The van der Waals surface area contributed by atoms with Crippen molar-refractivity contribution in [2.45, 2.75) is 6.92 Å². The van der Waals surface area contributed by atoms with E-state index in [2.05, 4.69) is 66.6 Å². The summed E-state index contributed by atoms with van der Waals surface area (Å²) in [6.45, 7) is 2.90. The van der Waals surface area contributed by atoms with E-state index < -0.39 is 0 Å². The minimum atomic E-state index is 0.306. The topological polar surface area (TPSA) is 12.4 Å². The average molecular weight is 223 g/mol.